The molecule has 0 atom stereocenters. The van der Waals surface area contributed by atoms with Crippen LogP contribution in [-0.2, 0) is 16.2 Å². The van der Waals surface area contributed by atoms with Crippen molar-refractivity contribution in [1.82, 2.24) is 0 Å². The summed E-state index contributed by atoms with van der Waals surface area (Å²) in [5, 5.41) is 0. The molecular formula is C83H60N2. The number of anilines is 6. The van der Waals surface area contributed by atoms with Gasteiger partial charge in [0.05, 0.1) is 27.9 Å². The molecule has 13 aromatic carbocycles. The Bertz CT molecular complexity index is 4610. The van der Waals surface area contributed by atoms with E-state index >= 15 is 0 Å². The van der Waals surface area contributed by atoms with Gasteiger partial charge in [-0.05, 0) is 132 Å². The zero-order chi connectivity index (χ0) is 56.7. The van der Waals surface area contributed by atoms with Crippen LogP contribution >= 0.6 is 0 Å². The molecule has 0 unspecified atom stereocenters. The average molecular weight is 1090 g/mol. The number of hydrogen-bond acceptors (Lipinski definition) is 2. The van der Waals surface area contributed by atoms with Gasteiger partial charge in [-0.3, -0.25) is 0 Å². The average Bonchev–Trinajstić information content (AvgIpc) is 1.77. The van der Waals surface area contributed by atoms with Gasteiger partial charge in [0.15, 0.2) is 0 Å². The standard InChI is InChI=1S/C83H60N2/c1-81(2)70-46-20-17-44-68(70)79-74(81)50-27-53-77(79)84(62-38-25-37-61(55-62)83(60-35-13-6-14-36-60)71-47-21-15-42-66(71)67-43-16-22-48-72(67)83)63-39-26-40-64(56-63)85(76-52-24-19-41-65(76)57-29-7-3-8-30-57)78-54-28-51-75-80(78)69-45-18-23-49-73(69)82(75,58-31-9-4-10-32-58)59-33-11-5-12-34-59/h3-56H,1-2H3. The molecule has 0 saturated carbocycles. The molecule has 3 aliphatic carbocycles. The largest absolute Gasteiger partial charge is 0.310 e. The molecular weight excluding hydrogens is 1020 g/mol. The first kappa shape index (κ1) is 50.2. The predicted octanol–water partition coefficient (Wildman–Crippen LogP) is 21.3. The molecule has 402 valence electrons. The Morgan fingerprint density at radius 3 is 1.14 bits per heavy atom. The second-order valence-electron chi connectivity index (χ2n) is 23.4. The van der Waals surface area contributed by atoms with Crippen molar-refractivity contribution in [3.63, 3.8) is 0 Å². The summed E-state index contributed by atoms with van der Waals surface area (Å²) < 4.78 is 0. The van der Waals surface area contributed by atoms with Crippen LogP contribution in [0.2, 0.25) is 0 Å². The summed E-state index contributed by atoms with van der Waals surface area (Å²) >= 11 is 0. The highest BCUT2D eigenvalue weighted by Crippen LogP contribution is 2.62. The van der Waals surface area contributed by atoms with E-state index < -0.39 is 10.8 Å². The van der Waals surface area contributed by atoms with Crippen LogP contribution in [0.4, 0.5) is 34.1 Å². The van der Waals surface area contributed by atoms with Gasteiger partial charge in [-0.2, -0.15) is 0 Å². The lowest BCUT2D eigenvalue weighted by Gasteiger charge is -2.36. The Kier molecular flexibility index (Phi) is 11.7. The zero-order valence-corrected chi connectivity index (χ0v) is 47.6. The number of rotatable bonds is 11. The number of fused-ring (bicyclic) bond motifs is 9. The van der Waals surface area contributed by atoms with E-state index in [9.17, 15) is 0 Å². The Morgan fingerprint density at radius 1 is 0.224 bits per heavy atom. The topological polar surface area (TPSA) is 6.48 Å². The van der Waals surface area contributed by atoms with E-state index in [1.807, 2.05) is 0 Å². The minimum atomic E-state index is -0.595. The molecule has 3 aliphatic rings. The van der Waals surface area contributed by atoms with Gasteiger partial charge in [-0.15, -0.1) is 0 Å². The van der Waals surface area contributed by atoms with Gasteiger partial charge in [0.25, 0.3) is 0 Å². The highest BCUT2D eigenvalue weighted by molar-refractivity contribution is 6.01. The second-order valence-corrected chi connectivity index (χ2v) is 23.4. The summed E-state index contributed by atoms with van der Waals surface area (Å²) in [6.45, 7) is 4.77. The zero-order valence-electron chi connectivity index (χ0n) is 47.6. The normalized spacial score (nSPS) is 14.0. The van der Waals surface area contributed by atoms with E-state index in [0.29, 0.717) is 0 Å². The van der Waals surface area contributed by atoms with E-state index in [4.69, 9.17) is 0 Å². The van der Waals surface area contributed by atoms with E-state index in [1.165, 1.54) is 89.0 Å². The van der Waals surface area contributed by atoms with Crippen molar-refractivity contribution in [2.24, 2.45) is 0 Å². The van der Waals surface area contributed by atoms with Crippen LogP contribution in [0.3, 0.4) is 0 Å². The number of hydrogen-bond donors (Lipinski definition) is 0. The summed E-state index contributed by atoms with van der Waals surface area (Å²) in [5.74, 6) is 0. The lowest BCUT2D eigenvalue weighted by Crippen LogP contribution is -2.28. The van der Waals surface area contributed by atoms with Crippen LogP contribution in [0, 0.1) is 0 Å². The summed E-state index contributed by atoms with van der Waals surface area (Å²) in [4.78, 5) is 5.10. The quantitative estimate of drug-likeness (QED) is 0.127. The maximum absolute atomic E-state index is 2.55. The van der Waals surface area contributed by atoms with Crippen LogP contribution in [-0.4, -0.2) is 0 Å². The van der Waals surface area contributed by atoms with E-state index in [0.717, 1.165) is 45.3 Å². The molecule has 0 saturated heterocycles. The van der Waals surface area contributed by atoms with Crippen LogP contribution in [0.15, 0.2) is 328 Å². The van der Waals surface area contributed by atoms with Gasteiger partial charge in [0.1, 0.15) is 0 Å². The molecule has 0 N–H and O–H groups in total. The van der Waals surface area contributed by atoms with Gasteiger partial charge < -0.3 is 9.80 Å². The molecule has 0 fully saturated rings. The molecule has 0 radical (unpaired) electrons. The Balaban J connectivity index is 0.975. The van der Waals surface area contributed by atoms with Gasteiger partial charge in [0, 0.05) is 39.2 Å². The lowest BCUT2D eigenvalue weighted by molar-refractivity contribution is 0.660. The first-order valence-corrected chi connectivity index (χ1v) is 29.8. The fourth-order valence-corrected chi connectivity index (χ4v) is 15.3. The highest BCUT2D eigenvalue weighted by atomic mass is 15.2. The van der Waals surface area contributed by atoms with Crippen molar-refractivity contribution in [1.29, 1.82) is 0 Å². The summed E-state index contributed by atoms with van der Waals surface area (Å²) in [7, 11) is 0. The summed E-state index contributed by atoms with van der Waals surface area (Å²) in [6, 6.07) is 122. The van der Waals surface area contributed by atoms with Crippen molar-refractivity contribution >= 4 is 34.1 Å². The molecule has 0 bridgehead atoms. The minimum Gasteiger partial charge on any atom is -0.310 e. The molecule has 2 heteroatoms. The third-order valence-electron chi connectivity index (χ3n) is 18.8. The lowest BCUT2D eigenvalue weighted by atomic mass is 9.67. The third-order valence-corrected chi connectivity index (χ3v) is 18.8. The monoisotopic (exact) mass is 1080 g/mol. The fourth-order valence-electron chi connectivity index (χ4n) is 15.3. The van der Waals surface area contributed by atoms with Gasteiger partial charge in [0.2, 0.25) is 0 Å². The van der Waals surface area contributed by atoms with Gasteiger partial charge >= 0.3 is 0 Å². The first-order valence-electron chi connectivity index (χ1n) is 29.8. The van der Waals surface area contributed by atoms with Crippen LogP contribution < -0.4 is 9.80 Å². The maximum Gasteiger partial charge on any atom is 0.0714 e. The third kappa shape index (κ3) is 7.45. The van der Waals surface area contributed by atoms with Crippen molar-refractivity contribution in [3.05, 3.63) is 383 Å². The molecule has 0 amide bonds. The Labute approximate surface area is 498 Å². The first-order chi connectivity index (χ1) is 42.0. The molecule has 85 heavy (non-hydrogen) atoms. The molecule has 0 aliphatic heterocycles. The predicted molar refractivity (Wildman–Crippen MR) is 353 cm³/mol. The number of para-hydroxylation sites is 1. The van der Waals surface area contributed by atoms with Crippen LogP contribution in [0.1, 0.15) is 69.5 Å². The minimum absolute atomic E-state index is 0.220. The van der Waals surface area contributed by atoms with Crippen molar-refractivity contribution in [2.75, 3.05) is 9.80 Å². The SMILES string of the molecule is CC1(C)c2ccccc2-c2c(N(c3cccc(N(c4ccccc4-c4ccccc4)c4cccc5c4-c4ccccc4C5(c4ccccc4)c4ccccc4)c3)c3cccc(C4(c5ccccc5)c5ccccc5-c5ccccc54)c3)cccc21. The Morgan fingerprint density at radius 2 is 0.565 bits per heavy atom. The van der Waals surface area contributed by atoms with E-state index in [1.54, 1.807) is 0 Å². The molecule has 13 aromatic rings. The van der Waals surface area contributed by atoms with Crippen LogP contribution in [0.25, 0.3) is 44.5 Å². The van der Waals surface area contributed by atoms with Crippen molar-refractivity contribution in [3.8, 4) is 44.5 Å². The molecule has 0 heterocycles. The summed E-state index contributed by atoms with van der Waals surface area (Å²) in [5.41, 5.74) is 27.6. The van der Waals surface area contributed by atoms with Gasteiger partial charge in [-0.1, -0.05) is 293 Å². The number of nitrogens with zero attached hydrogens (tertiary/aromatic N) is 2. The maximum atomic E-state index is 2.55. The van der Waals surface area contributed by atoms with Gasteiger partial charge in [-0.25, -0.2) is 0 Å². The summed E-state index contributed by atoms with van der Waals surface area (Å²) in [6.07, 6.45) is 0. The van der Waals surface area contributed by atoms with E-state index in [2.05, 4.69) is 351 Å². The smallest absolute Gasteiger partial charge is 0.0714 e. The molecule has 0 spiro atoms. The number of benzene rings is 13. The highest BCUT2D eigenvalue weighted by Gasteiger charge is 2.49. The van der Waals surface area contributed by atoms with Crippen LogP contribution in [0.5, 0.6) is 0 Å². The second kappa shape index (κ2) is 19.8. The fraction of sp³-hybridized carbons (Fsp3) is 0.0602. The van der Waals surface area contributed by atoms with Crippen molar-refractivity contribution < 1.29 is 0 Å². The Hall–Kier alpha value is -10.5. The molecule has 2 nitrogen and oxygen atoms in total. The molecule has 0 aromatic heterocycles. The van der Waals surface area contributed by atoms with Crippen molar-refractivity contribution in [2.45, 2.75) is 30.1 Å². The van der Waals surface area contributed by atoms with E-state index in [-0.39, 0.29) is 5.41 Å². The molecule has 16 rings (SSSR count).